The third kappa shape index (κ3) is 3.88. The number of nitrogens with zero attached hydrogens (tertiary/aromatic N) is 3. The molecule has 1 aliphatic heterocycles. The lowest BCUT2D eigenvalue weighted by atomic mass is 9.99. The van der Waals surface area contributed by atoms with Crippen LogP contribution >= 0.6 is 11.6 Å². The van der Waals surface area contributed by atoms with Crippen LogP contribution in [0.4, 0.5) is 0 Å². The average Bonchev–Trinajstić information content (AvgIpc) is 3.08. The molecule has 2 aromatic heterocycles. The number of benzene rings is 1. The van der Waals surface area contributed by atoms with E-state index in [0.717, 1.165) is 37.6 Å². The van der Waals surface area contributed by atoms with E-state index in [2.05, 4.69) is 21.3 Å². The van der Waals surface area contributed by atoms with Crippen LogP contribution in [0.3, 0.4) is 0 Å². The van der Waals surface area contributed by atoms with E-state index in [1.54, 1.807) is 24.8 Å². The molecule has 4 rings (SSSR count). The second kappa shape index (κ2) is 8.31. The summed E-state index contributed by atoms with van der Waals surface area (Å²) in [7, 11) is 3.30. The third-order valence-corrected chi connectivity index (χ3v) is 5.48. The standard InChI is InChI=1S/C21H23ClN4O3/c1-28-16-11-14-6-9-25(13-15(14)12-17(16)29-2)10-7-23-21(27)19-20(22)24-18-5-3-4-8-26(18)19/h3-5,8,11-12H,6-7,9-10,13H2,1-2H3,(H,23,27). The lowest BCUT2D eigenvalue weighted by Gasteiger charge is -2.29. The Kier molecular flexibility index (Phi) is 5.60. The number of carbonyl (C=O) groups excluding carboxylic acids is 1. The maximum atomic E-state index is 12.6. The number of methoxy groups -OCH3 is 2. The second-order valence-electron chi connectivity index (χ2n) is 6.94. The molecule has 29 heavy (non-hydrogen) atoms. The summed E-state index contributed by atoms with van der Waals surface area (Å²) in [6, 6.07) is 9.61. The van der Waals surface area contributed by atoms with E-state index in [1.165, 1.54) is 11.1 Å². The van der Waals surface area contributed by atoms with Crippen molar-refractivity contribution in [3.63, 3.8) is 0 Å². The first-order valence-electron chi connectivity index (χ1n) is 9.47. The van der Waals surface area contributed by atoms with Crippen LogP contribution in [0.1, 0.15) is 21.6 Å². The Morgan fingerprint density at radius 3 is 2.72 bits per heavy atom. The lowest BCUT2D eigenvalue weighted by molar-refractivity contribution is 0.0941. The highest BCUT2D eigenvalue weighted by Crippen LogP contribution is 2.33. The molecule has 7 nitrogen and oxygen atoms in total. The van der Waals surface area contributed by atoms with Gasteiger partial charge < -0.3 is 14.8 Å². The van der Waals surface area contributed by atoms with Gasteiger partial charge in [-0.05, 0) is 41.8 Å². The Hall–Kier alpha value is -2.77. The number of pyridine rings is 1. The summed E-state index contributed by atoms with van der Waals surface area (Å²) in [5.74, 6) is 1.28. The molecule has 8 heteroatoms. The van der Waals surface area contributed by atoms with Crippen LogP contribution in [0.5, 0.6) is 11.5 Å². The molecule has 3 aromatic rings. The number of rotatable bonds is 6. The van der Waals surface area contributed by atoms with Crippen molar-refractivity contribution in [1.29, 1.82) is 0 Å². The summed E-state index contributed by atoms with van der Waals surface area (Å²) in [6.07, 6.45) is 2.72. The van der Waals surface area contributed by atoms with E-state index >= 15 is 0 Å². The fraction of sp³-hybridized carbons (Fsp3) is 0.333. The predicted octanol–water partition coefficient (Wildman–Crippen LogP) is 2.79. The number of fused-ring (bicyclic) bond motifs is 2. The molecule has 152 valence electrons. The van der Waals surface area contributed by atoms with E-state index in [0.29, 0.717) is 17.9 Å². The molecule has 0 unspecified atom stereocenters. The molecule has 0 bridgehead atoms. The molecule has 1 N–H and O–H groups in total. The molecule has 1 amide bonds. The zero-order valence-electron chi connectivity index (χ0n) is 16.4. The Balaban J connectivity index is 1.38. The SMILES string of the molecule is COc1cc2c(cc1OC)CN(CCNC(=O)c1c(Cl)nc3ccccn13)CC2. The van der Waals surface area contributed by atoms with E-state index in [9.17, 15) is 4.79 Å². The first-order valence-corrected chi connectivity index (χ1v) is 9.85. The minimum absolute atomic E-state index is 0.210. The number of amides is 1. The number of hydrogen-bond acceptors (Lipinski definition) is 5. The highest BCUT2D eigenvalue weighted by atomic mass is 35.5. The fourth-order valence-electron chi connectivity index (χ4n) is 3.71. The van der Waals surface area contributed by atoms with Gasteiger partial charge in [-0.3, -0.25) is 14.1 Å². The molecule has 0 fully saturated rings. The number of ether oxygens (including phenoxy) is 2. The number of carbonyl (C=O) groups is 1. The maximum absolute atomic E-state index is 12.6. The van der Waals surface area contributed by atoms with Gasteiger partial charge in [-0.25, -0.2) is 4.98 Å². The Morgan fingerprint density at radius 1 is 1.21 bits per heavy atom. The van der Waals surface area contributed by atoms with E-state index < -0.39 is 0 Å². The molecule has 0 saturated heterocycles. The van der Waals surface area contributed by atoms with Gasteiger partial charge in [0.25, 0.3) is 5.91 Å². The lowest BCUT2D eigenvalue weighted by Crippen LogP contribution is -2.38. The monoisotopic (exact) mass is 414 g/mol. The Morgan fingerprint density at radius 2 is 1.97 bits per heavy atom. The van der Waals surface area contributed by atoms with Crippen LogP contribution in [0, 0.1) is 0 Å². The highest BCUT2D eigenvalue weighted by molar-refractivity contribution is 6.32. The number of hydrogen-bond donors (Lipinski definition) is 1. The summed E-state index contributed by atoms with van der Waals surface area (Å²) in [4.78, 5) is 19.2. The van der Waals surface area contributed by atoms with Gasteiger partial charge in [-0.15, -0.1) is 0 Å². The molecule has 1 aliphatic rings. The van der Waals surface area contributed by atoms with Crippen LogP contribution in [0.15, 0.2) is 36.5 Å². The van der Waals surface area contributed by atoms with E-state index in [1.807, 2.05) is 24.3 Å². The van der Waals surface area contributed by atoms with Crippen molar-refractivity contribution in [2.75, 3.05) is 33.9 Å². The molecule has 0 saturated carbocycles. The second-order valence-corrected chi connectivity index (χ2v) is 7.30. The zero-order valence-corrected chi connectivity index (χ0v) is 17.2. The first-order chi connectivity index (χ1) is 14.1. The van der Waals surface area contributed by atoms with Crippen molar-refractivity contribution >= 4 is 23.2 Å². The summed E-state index contributed by atoms with van der Waals surface area (Å²) in [5.41, 5.74) is 3.52. The van der Waals surface area contributed by atoms with Gasteiger partial charge in [-0.1, -0.05) is 17.7 Å². The van der Waals surface area contributed by atoms with Crippen molar-refractivity contribution < 1.29 is 14.3 Å². The quantitative estimate of drug-likeness (QED) is 0.671. The third-order valence-electron chi connectivity index (χ3n) is 5.21. The molecule has 0 spiro atoms. The molecule has 1 aromatic carbocycles. The van der Waals surface area contributed by atoms with Crippen LogP contribution in [-0.2, 0) is 13.0 Å². The number of imidazole rings is 1. The summed E-state index contributed by atoms with van der Waals surface area (Å²) in [5, 5.41) is 3.17. The molecular weight excluding hydrogens is 392 g/mol. The topological polar surface area (TPSA) is 68.1 Å². The Labute approximate surface area is 174 Å². The van der Waals surface area contributed by atoms with Gasteiger partial charge in [0.05, 0.1) is 14.2 Å². The molecule has 3 heterocycles. The maximum Gasteiger partial charge on any atom is 0.271 e. The molecular formula is C21H23ClN4O3. The summed E-state index contributed by atoms with van der Waals surface area (Å²) in [6.45, 7) is 3.00. The summed E-state index contributed by atoms with van der Waals surface area (Å²) >= 11 is 6.17. The number of aromatic nitrogens is 2. The van der Waals surface area contributed by atoms with Gasteiger partial charge in [0.2, 0.25) is 0 Å². The van der Waals surface area contributed by atoms with Crippen LogP contribution in [-0.4, -0.2) is 54.0 Å². The van der Waals surface area contributed by atoms with E-state index in [-0.39, 0.29) is 11.1 Å². The van der Waals surface area contributed by atoms with Crippen LogP contribution < -0.4 is 14.8 Å². The van der Waals surface area contributed by atoms with Gasteiger partial charge >= 0.3 is 0 Å². The minimum Gasteiger partial charge on any atom is -0.493 e. The number of nitrogens with one attached hydrogen (secondary N) is 1. The molecule has 0 radical (unpaired) electrons. The minimum atomic E-state index is -0.225. The number of halogens is 1. The largest absolute Gasteiger partial charge is 0.493 e. The van der Waals surface area contributed by atoms with Crippen molar-refractivity contribution in [3.05, 3.63) is 58.5 Å². The van der Waals surface area contributed by atoms with Crippen LogP contribution in [0.2, 0.25) is 5.15 Å². The van der Waals surface area contributed by atoms with Crippen molar-refractivity contribution in [1.82, 2.24) is 19.6 Å². The van der Waals surface area contributed by atoms with Crippen LogP contribution in [0.25, 0.3) is 5.65 Å². The first kappa shape index (κ1) is 19.5. The van der Waals surface area contributed by atoms with Crippen molar-refractivity contribution in [2.24, 2.45) is 0 Å². The van der Waals surface area contributed by atoms with Gasteiger partial charge in [-0.2, -0.15) is 0 Å². The van der Waals surface area contributed by atoms with E-state index in [4.69, 9.17) is 21.1 Å². The van der Waals surface area contributed by atoms with Gasteiger partial charge in [0.15, 0.2) is 22.3 Å². The van der Waals surface area contributed by atoms with Gasteiger partial charge in [0.1, 0.15) is 5.65 Å². The molecule has 0 aliphatic carbocycles. The fourth-order valence-corrected chi connectivity index (χ4v) is 3.98. The highest BCUT2D eigenvalue weighted by Gasteiger charge is 2.21. The normalized spacial score (nSPS) is 13.9. The summed E-state index contributed by atoms with van der Waals surface area (Å²) < 4.78 is 12.5. The Bertz CT molecular complexity index is 1050. The van der Waals surface area contributed by atoms with Crippen molar-refractivity contribution in [2.45, 2.75) is 13.0 Å². The average molecular weight is 415 g/mol. The van der Waals surface area contributed by atoms with Crippen molar-refractivity contribution in [3.8, 4) is 11.5 Å². The smallest absolute Gasteiger partial charge is 0.271 e. The van der Waals surface area contributed by atoms with Gasteiger partial charge in [0, 0.05) is 32.4 Å². The molecule has 0 atom stereocenters. The predicted molar refractivity (Wildman–Crippen MR) is 111 cm³/mol. The zero-order chi connectivity index (χ0) is 20.4.